The molecule has 9 nitrogen and oxygen atoms in total. The van der Waals surface area contributed by atoms with Gasteiger partial charge < -0.3 is 25.1 Å². The number of amides is 2. The first kappa shape index (κ1) is 22.7. The molecule has 3 N–H and O–H groups in total. The van der Waals surface area contributed by atoms with Gasteiger partial charge in [-0.1, -0.05) is 6.07 Å². The maximum Gasteiger partial charge on any atom is 0.355 e. The molecule has 0 atom stereocenters. The average Bonchev–Trinajstić information content (AvgIpc) is 2.93. The molecule has 0 aliphatic carbocycles. The Morgan fingerprint density at radius 1 is 1.03 bits per heavy atom. The van der Waals surface area contributed by atoms with E-state index >= 15 is 0 Å². The molecule has 0 fully saturated rings. The fourth-order valence-electron chi connectivity index (χ4n) is 2.81. The van der Waals surface area contributed by atoms with Crippen LogP contribution in [0.1, 0.15) is 52.9 Å². The van der Waals surface area contributed by atoms with Crippen LogP contribution in [0.25, 0.3) is 0 Å². The van der Waals surface area contributed by atoms with Gasteiger partial charge in [-0.2, -0.15) is 0 Å². The van der Waals surface area contributed by atoms with Crippen LogP contribution < -0.4 is 10.6 Å². The number of ether oxygens (including phenoxy) is 2. The molecule has 30 heavy (non-hydrogen) atoms. The molecule has 1 aromatic carbocycles. The Hall–Kier alpha value is -3.62. The molecular weight excluding hydrogens is 390 g/mol. The maximum atomic E-state index is 12.4. The van der Waals surface area contributed by atoms with E-state index in [-0.39, 0.29) is 23.3 Å². The van der Waals surface area contributed by atoms with Crippen molar-refractivity contribution in [1.82, 2.24) is 4.98 Å². The van der Waals surface area contributed by atoms with E-state index in [1.165, 1.54) is 6.92 Å². The van der Waals surface area contributed by atoms with Crippen molar-refractivity contribution < 1.29 is 28.7 Å². The van der Waals surface area contributed by atoms with Gasteiger partial charge in [0.2, 0.25) is 5.91 Å². The third-order valence-corrected chi connectivity index (χ3v) is 3.99. The second-order valence-electron chi connectivity index (χ2n) is 6.97. The van der Waals surface area contributed by atoms with Crippen molar-refractivity contribution in [3.05, 3.63) is 46.8 Å². The molecule has 2 aromatic rings. The lowest BCUT2D eigenvalue weighted by molar-refractivity contribution is -0.119. The SMILES string of the molecule is CC(=O)Nc1cccc(NC(=O)COC(=O)c2[nH]c(C)c(C(=O)OC(C)C)c2C)c1. The van der Waals surface area contributed by atoms with Crippen molar-refractivity contribution in [2.24, 2.45) is 0 Å². The molecule has 0 radical (unpaired) electrons. The Morgan fingerprint density at radius 3 is 2.27 bits per heavy atom. The summed E-state index contributed by atoms with van der Waals surface area (Å²) in [6.07, 6.45) is -0.297. The molecule has 1 heterocycles. The van der Waals surface area contributed by atoms with Crippen LogP contribution in [-0.2, 0) is 19.1 Å². The first-order valence-corrected chi connectivity index (χ1v) is 9.33. The monoisotopic (exact) mass is 415 g/mol. The number of carbonyl (C=O) groups is 4. The molecule has 0 aliphatic heterocycles. The Bertz CT molecular complexity index is 977. The highest BCUT2D eigenvalue weighted by atomic mass is 16.5. The molecule has 0 saturated heterocycles. The van der Waals surface area contributed by atoms with E-state index < -0.39 is 24.5 Å². The van der Waals surface area contributed by atoms with E-state index in [0.717, 1.165) is 0 Å². The number of H-pyrrole nitrogens is 1. The summed E-state index contributed by atoms with van der Waals surface area (Å²) in [4.78, 5) is 50.6. The molecule has 0 aliphatic rings. The topological polar surface area (TPSA) is 127 Å². The summed E-state index contributed by atoms with van der Waals surface area (Å²) in [5.74, 6) is -2.09. The van der Waals surface area contributed by atoms with Crippen LogP contribution >= 0.6 is 0 Å². The molecular formula is C21H25N3O6. The average molecular weight is 415 g/mol. The number of anilines is 2. The number of aromatic nitrogens is 1. The summed E-state index contributed by atoms with van der Waals surface area (Å²) in [5, 5.41) is 5.19. The second-order valence-corrected chi connectivity index (χ2v) is 6.97. The number of nitrogens with one attached hydrogen (secondary N) is 3. The van der Waals surface area contributed by atoms with Gasteiger partial charge in [0.1, 0.15) is 5.69 Å². The number of aromatic amines is 1. The van der Waals surface area contributed by atoms with Gasteiger partial charge in [-0.05, 0) is 51.5 Å². The Labute approximate surface area is 174 Å². The van der Waals surface area contributed by atoms with E-state index in [2.05, 4.69) is 15.6 Å². The molecule has 160 valence electrons. The van der Waals surface area contributed by atoms with Crippen molar-refractivity contribution in [1.29, 1.82) is 0 Å². The molecule has 9 heteroatoms. The van der Waals surface area contributed by atoms with Gasteiger partial charge in [0.15, 0.2) is 6.61 Å². The summed E-state index contributed by atoms with van der Waals surface area (Å²) in [7, 11) is 0. The molecule has 0 spiro atoms. The molecule has 2 amide bonds. The van der Waals surface area contributed by atoms with Gasteiger partial charge in [0, 0.05) is 24.0 Å². The van der Waals surface area contributed by atoms with E-state index in [4.69, 9.17) is 9.47 Å². The molecule has 2 rings (SSSR count). The van der Waals surface area contributed by atoms with Gasteiger partial charge in [0.05, 0.1) is 11.7 Å². The number of esters is 2. The minimum atomic E-state index is -0.763. The van der Waals surface area contributed by atoms with Crippen LogP contribution in [0.2, 0.25) is 0 Å². The standard InChI is InChI=1S/C21H25N3O6/c1-11(2)30-20(27)18-12(3)19(22-13(18)4)21(28)29-10-17(26)24-16-8-6-7-15(9-16)23-14(5)25/h6-9,11,22H,10H2,1-5H3,(H,23,25)(H,24,26). The molecule has 0 unspecified atom stereocenters. The summed E-state index contributed by atoms with van der Waals surface area (Å²) in [6, 6.07) is 6.55. The predicted octanol–water partition coefficient (Wildman–Crippen LogP) is 2.95. The first-order chi connectivity index (χ1) is 14.1. The molecule has 1 aromatic heterocycles. The Morgan fingerprint density at radius 2 is 1.67 bits per heavy atom. The minimum absolute atomic E-state index is 0.0867. The van der Waals surface area contributed by atoms with Crippen molar-refractivity contribution in [2.45, 2.75) is 40.7 Å². The number of rotatable bonds is 7. The Kier molecular flexibility index (Phi) is 7.35. The molecule has 0 saturated carbocycles. The Balaban J connectivity index is 2.00. The maximum absolute atomic E-state index is 12.4. The van der Waals surface area contributed by atoms with Crippen molar-refractivity contribution in [3.63, 3.8) is 0 Å². The van der Waals surface area contributed by atoms with Crippen LogP contribution in [0, 0.1) is 13.8 Å². The van der Waals surface area contributed by atoms with Crippen LogP contribution in [0.3, 0.4) is 0 Å². The number of carbonyl (C=O) groups excluding carboxylic acids is 4. The fourth-order valence-corrected chi connectivity index (χ4v) is 2.81. The van der Waals surface area contributed by atoms with Crippen LogP contribution in [0.4, 0.5) is 11.4 Å². The zero-order valence-electron chi connectivity index (χ0n) is 17.5. The molecule has 0 bridgehead atoms. The largest absolute Gasteiger partial charge is 0.459 e. The zero-order chi connectivity index (χ0) is 22.4. The van der Waals surface area contributed by atoms with Gasteiger partial charge in [0.25, 0.3) is 5.91 Å². The van der Waals surface area contributed by atoms with Crippen molar-refractivity contribution >= 4 is 35.1 Å². The number of hydrogen-bond acceptors (Lipinski definition) is 6. The van der Waals surface area contributed by atoms with E-state index in [0.29, 0.717) is 22.6 Å². The number of hydrogen-bond donors (Lipinski definition) is 3. The third kappa shape index (κ3) is 5.94. The highest BCUT2D eigenvalue weighted by molar-refractivity contribution is 6.00. The van der Waals surface area contributed by atoms with Crippen molar-refractivity contribution in [3.8, 4) is 0 Å². The lowest BCUT2D eigenvalue weighted by Gasteiger charge is -2.09. The van der Waals surface area contributed by atoms with Crippen LogP contribution in [0.15, 0.2) is 24.3 Å². The lowest BCUT2D eigenvalue weighted by Crippen LogP contribution is -2.21. The van der Waals surface area contributed by atoms with E-state index in [1.54, 1.807) is 52.0 Å². The fraction of sp³-hybridized carbons (Fsp3) is 0.333. The summed E-state index contributed by atoms with van der Waals surface area (Å²) in [5.41, 5.74) is 2.19. The number of benzene rings is 1. The lowest BCUT2D eigenvalue weighted by atomic mass is 10.1. The smallest absolute Gasteiger partial charge is 0.355 e. The van der Waals surface area contributed by atoms with E-state index in [1.807, 2.05) is 0 Å². The van der Waals surface area contributed by atoms with Gasteiger partial charge >= 0.3 is 11.9 Å². The van der Waals surface area contributed by atoms with Crippen LogP contribution in [-0.4, -0.2) is 41.4 Å². The van der Waals surface area contributed by atoms with Gasteiger partial charge in [-0.25, -0.2) is 9.59 Å². The summed E-state index contributed by atoms with van der Waals surface area (Å²) in [6.45, 7) is 7.57. The zero-order valence-corrected chi connectivity index (χ0v) is 17.5. The first-order valence-electron chi connectivity index (χ1n) is 9.33. The van der Waals surface area contributed by atoms with E-state index in [9.17, 15) is 19.2 Å². The number of aryl methyl sites for hydroxylation is 1. The summed E-state index contributed by atoms with van der Waals surface area (Å²) >= 11 is 0. The highest BCUT2D eigenvalue weighted by Gasteiger charge is 2.24. The quantitative estimate of drug-likeness (QED) is 0.597. The predicted molar refractivity (Wildman–Crippen MR) is 110 cm³/mol. The highest BCUT2D eigenvalue weighted by Crippen LogP contribution is 2.20. The minimum Gasteiger partial charge on any atom is -0.459 e. The van der Waals surface area contributed by atoms with Crippen molar-refractivity contribution in [2.75, 3.05) is 17.2 Å². The summed E-state index contributed by atoms with van der Waals surface area (Å²) < 4.78 is 10.3. The van der Waals surface area contributed by atoms with Gasteiger partial charge in [-0.15, -0.1) is 0 Å². The normalized spacial score (nSPS) is 10.5. The second kappa shape index (κ2) is 9.73. The van der Waals surface area contributed by atoms with Gasteiger partial charge in [-0.3, -0.25) is 9.59 Å². The third-order valence-electron chi connectivity index (χ3n) is 3.99. The van der Waals surface area contributed by atoms with Crippen LogP contribution in [0.5, 0.6) is 0 Å².